The number of benzene rings is 2. The normalized spacial score (nSPS) is 14.7. The summed E-state index contributed by atoms with van der Waals surface area (Å²) in [5.41, 5.74) is 0.975. The molecule has 3 rings (SSSR count). The van der Waals surface area contributed by atoms with Gasteiger partial charge in [0.2, 0.25) is 5.91 Å². The summed E-state index contributed by atoms with van der Waals surface area (Å²) >= 11 is 6.01. The average molecular weight is 391 g/mol. The minimum absolute atomic E-state index is 0.117. The van der Waals surface area contributed by atoms with E-state index >= 15 is 0 Å². The Morgan fingerprint density at radius 3 is 2.44 bits per heavy atom. The summed E-state index contributed by atoms with van der Waals surface area (Å²) in [5, 5.41) is 3.26. The van der Waals surface area contributed by atoms with Crippen molar-refractivity contribution in [3.05, 3.63) is 58.9 Å². The van der Waals surface area contributed by atoms with Crippen molar-refractivity contribution in [2.24, 2.45) is 5.92 Å². The van der Waals surface area contributed by atoms with Gasteiger partial charge in [0.25, 0.3) is 5.91 Å². The number of piperidine rings is 1. The Morgan fingerprint density at radius 2 is 1.81 bits per heavy atom. The van der Waals surface area contributed by atoms with Gasteiger partial charge >= 0.3 is 0 Å². The summed E-state index contributed by atoms with van der Waals surface area (Å²) in [6.07, 6.45) is 1.11. The van der Waals surface area contributed by atoms with Crippen molar-refractivity contribution >= 4 is 29.1 Å². The third-order valence-electron chi connectivity index (χ3n) is 4.66. The van der Waals surface area contributed by atoms with E-state index in [2.05, 4.69) is 5.32 Å². The predicted molar refractivity (Wildman–Crippen MR) is 102 cm³/mol. The lowest BCUT2D eigenvalue weighted by atomic mass is 9.95. The zero-order chi connectivity index (χ0) is 19.4. The number of nitrogens with zero attached hydrogens (tertiary/aromatic N) is 1. The second-order valence-electron chi connectivity index (χ2n) is 6.41. The molecule has 2 aromatic rings. The van der Waals surface area contributed by atoms with E-state index in [1.165, 1.54) is 31.4 Å². The molecule has 2 aromatic carbocycles. The van der Waals surface area contributed by atoms with Crippen LogP contribution >= 0.6 is 11.6 Å². The molecule has 142 valence electrons. The van der Waals surface area contributed by atoms with Gasteiger partial charge in [0.15, 0.2) is 0 Å². The van der Waals surface area contributed by atoms with Gasteiger partial charge in [0, 0.05) is 29.7 Å². The van der Waals surface area contributed by atoms with E-state index in [0.29, 0.717) is 48.0 Å². The van der Waals surface area contributed by atoms with Crippen molar-refractivity contribution in [1.29, 1.82) is 0 Å². The number of anilines is 1. The van der Waals surface area contributed by atoms with E-state index in [9.17, 15) is 14.0 Å². The van der Waals surface area contributed by atoms with Crippen LogP contribution in [0.2, 0.25) is 5.02 Å². The maximum Gasteiger partial charge on any atom is 0.257 e. The quantitative estimate of drug-likeness (QED) is 0.859. The van der Waals surface area contributed by atoms with E-state index < -0.39 is 0 Å². The molecule has 1 aliphatic rings. The number of hydrogen-bond donors (Lipinski definition) is 1. The van der Waals surface area contributed by atoms with Crippen LogP contribution in [0.4, 0.5) is 10.1 Å². The molecule has 0 aliphatic carbocycles. The molecule has 2 amide bonds. The van der Waals surface area contributed by atoms with Crippen molar-refractivity contribution in [2.45, 2.75) is 12.8 Å². The van der Waals surface area contributed by atoms with E-state index in [0.717, 1.165) is 0 Å². The van der Waals surface area contributed by atoms with E-state index in [4.69, 9.17) is 16.3 Å². The van der Waals surface area contributed by atoms with Crippen molar-refractivity contribution in [3.8, 4) is 5.75 Å². The van der Waals surface area contributed by atoms with Crippen LogP contribution in [0.3, 0.4) is 0 Å². The van der Waals surface area contributed by atoms with E-state index in [-0.39, 0.29) is 23.5 Å². The van der Waals surface area contributed by atoms with Gasteiger partial charge in [-0.25, -0.2) is 4.39 Å². The van der Waals surface area contributed by atoms with Crippen LogP contribution in [-0.4, -0.2) is 36.9 Å². The first-order valence-corrected chi connectivity index (χ1v) is 9.05. The number of halogens is 2. The van der Waals surface area contributed by atoms with E-state index in [1.807, 2.05) is 0 Å². The molecule has 0 radical (unpaired) electrons. The average Bonchev–Trinajstić information content (AvgIpc) is 2.69. The lowest BCUT2D eigenvalue weighted by Crippen LogP contribution is -2.41. The monoisotopic (exact) mass is 390 g/mol. The Kier molecular flexibility index (Phi) is 5.96. The minimum Gasteiger partial charge on any atom is -0.496 e. The van der Waals surface area contributed by atoms with Crippen LogP contribution in [0.1, 0.15) is 23.2 Å². The highest BCUT2D eigenvalue weighted by molar-refractivity contribution is 6.31. The summed E-state index contributed by atoms with van der Waals surface area (Å²) in [5.74, 6) is -0.349. The number of rotatable bonds is 4. The second-order valence-corrected chi connectivity index (χ2v) is 6.84. The highest BCUT2D eigenvalue weighted by atomic mass is 35.5. The van der Waals surface area contributed by atoms with Crippen LogP contribution < -0.4 is 10.1 Å². The molecular formula is C20H20ClFN2O3. The zero-order valence-electron chi connectivity index (χ0n) is 14.9. The summed E-state index contributed by atoms with van der Waals surface area (Å²) in [6, 6.07) is 10.6. The first-order chi connectivity index (χ1) is 13.0. The Hall–Kier alpha value is -2.60. The molecule has 27 heavy (non-hydrogen) atoms. The number of likely N-dealkylation sites (tertiary alicyclic amines) is 1. The van der Waals surface area contributed by atoms with Gasteiger partial charge in [-0.05, 0) is 55.3 Å². The highest BCUT2D eigenvalue weighted by Gasteiger charge is 2.29. The largest absolute Gasteiger partial charge is 0.496 e. The first kappa shape index (κ1) is 19.2. The van der Waals surface area contributed by atoms with Gasteiger partial charge in [-0.15, -0.1) is 0 Å². The van der Waals surface area contributed by atoms with Gasteiger partial charge in [-0.2, -0.15) is 0 Å². The third kappa shape index (κ3) is 4.57. The van der Waals surface area contributed by atoms with Crippen LogP contribution in [0.15, 0.2) is 42.5 Å². The Balaban J connectivity index is 1.60. The smallest absolute Gasteiger partial charge is 0.257 e. The second kappa shape index (κ2) is 8.39. The Bertz CT molecular complexity index is 834. The molecule has 0 bridgehead atoms. The first-order valence-electron chi connectivity index (χ1n) is 8.67. The lowest BCUT2D eigenvalue weighted by molar-refractivity contribution is -0.121. The van der Waals surface area contributed by atoms with Crippen LogP contribution in [0.5, 0.6) is 5.75 Å². The summed E-state index contributed by atoms with van der Waals surface area (Å²) in [6.45, 7) is 0.937. The number of methoxy groups -OCH3 is 1. The molecule has 1 N–H and O–H groups in total. The van der Waals surface area contributed by atoms with Gasteiger partial charge in [0.05, 0.1) is 12.7 Å². The number of carbonyl (C=O) groups is 2. The topological polar surface area (TPSA) is 58.6 Å². The van der Waals surface area contributed by atoms with E-state index in [1.54, 1.807) is 23.1 Å². The minimum atomic E-state index is -0.351. The fourth-order valence-electron chi connectivity index (χ4n) is 3.14. The van der Waals surface area contributed by atoms with Gasteiger partial charge in [0.1, 0.15) is 11.6 Å². The van der Waals surface area contributed by atoms with Crippen molar-refractivity contribution < 1.29 is 18.7 Å². The fourth-order valence-corrected chi connectivity index (χ4v) is 3.31. The predicted octanol–water partition coefficient (Wildman–Crippen LogP) is 3.98. The SMILES string of the molecule is COc1ccc(Cl)cc1C(=O)N1CCC(C(=O)Nc2ccc(F)cc2)CC1. The molecule has 0 unspecified atom stereocenters. The molecule has 5 nitrogen and oxygen atoms in total. The van der Waals surface area contributed by atoms with Crippen LogP contribution in [0.25, 0.3) is 0 Å². The standard InChI is InChI=1S/C20H20ClFN2O3/c1-27-18-7-2-14(21)12-17(18)20(26)24-10-8-13(9-11-24)19(25)23-16-5-3-15(22)4-6-16/h2-7,12-13H,8-11H2,1H3,(H,23,25). The van der Waals surface area contributed by atoms with Crippen molar-refractivity contribution in [2.75, 3.05) is 25.5 Å². The zero-order valence-corrected chi connectivity index (χ0v) is 15.6. The van der Waals surface area contributed by atoms with Gasteiger partial charge in [-0.1, -0.05) is 11.6 Å². The molecule has 1 aliphatic heterocycles. The molecule has 1 saturated heterocycles. The van der Waals surface area contributed by atoms with Crippen LogP contribution in [-0.2, 0) is 4.79 Å². The van der Waals surface area contributed by atoms with Gasteiger partial charge in [-0.3, -0.25) is 9.59 Å². The number of hydrogen-bond acceptors (Lipinski definition) is 3. The number of nitrogens with one attached hydrogen (secondary N) is 1. The maximum atomic E-state index is 12.9. The summed E-state index contributed by atoms with van der Waals surface area (Å²) in [7, 11) is 1.51. The fraction of sp³-hybridized carbons (Fsp3) is 0.300. The molecule has 0 aromatic heterocycles. The lowest BCUT2D eigenvalue weighted by Gasteiger charge is -2.31. The van der Waals surface area contributed by atoms with Crippen molar-refractivity contribution in [3.63, 3.8) is 0 Å². The summed E-state index contributed by atoms with van der Waals surface area (Å²) in [4.78, 5) is 26.9. The number of carbonyl (C=O) groups excluding carboxylic acids is 2. The number of amides is 2. The molecule has 0 saturated carbocycles. The molecule has 0 atom stereocenters. The Morgan fingerprint density at radius 1 is 1.15 bits per heavy atom. The Labute approximate surface area is 162 Å². The molecule has 7 heteroatoms. The van der Waals surface area contributed by atoms with Gasteiger partial charge < -0.3 is 15.0 Å². The van der Waals surface area contributed by atoms with Crippen LogP contribution in [0, 0.1) is 11.7 Å². The maximum absolute atomic E-state index is 12.9. The van der Waals surface area contributed by atoms with Crippen molar-refractivity contribution in [1.82, 2.24) is 4.90 Å². The number of ether oxygens (including phenoxy) is 1. The molecule has 1 fully saturated rings. The molecular weight excluding hydrogens is 371 g/mol. The molecule has 1 heterocycles. The highest BCUT2D eigenvalue weighted by Crippen LogP contribution is 2.27. The third-order valence-corrected chi connectivity index (χ3v) is 4.89. The molecule has 0 spiro atoms. The summed E-state index contributed by atoms with van der Waals surface area (Å²) < 4.78 is 18.2.